The van der Waals surface area contributed by atoms with Gasteiger partial charge in [-0.2, -0.15) is 0 Å². The molecule has 2 aromatic rings. The normalized spacial score (nSPS) is 18.0. The third kappa shape index (κ3) is 3.03. The number of nitrogen functional groups attached to an aromatic ring is 1. The maximum Gasteiger partial charge on any atom is 0.256 e. The molecule has 0 unspecified atom stereocenters. The van der Waals surface area contributed by atoms with E-state index in [1.165, 1.54) is 18.4 Å². The predicted octanol–water partition coefficient (Wildman–Crippen LogP) is 2.36. The van der Waals surface area contributed by atoms with Gasteiger partial charge in [0.2, 0.25) is 10.0 Å². The minimum absolute atomic E-state index is 0.0272. The number of carbonyl (C=O) groups excluding carboxylic acids is 1. The van der Waals surface area contributed by atoms with Gasteiger partial charge in [0.1, 0.15) is 0 Å². The minimum Gasteiger partial charge on any atom is -0.375 e. The first kappa shape index (κ1) is 18.4. The van der Waals surface area contributed by atoms with Gasteiger partial charge in [0, 0.05) is 12.6 Å². The van der Waals surface area contributed by atoms with Crippen molar-refractivity contribution in [1.82, 2.24) is 14.6 Å². The number of nitrogens with zero attached hydrogens (tertiary/aromatic N) is 2. The van der Waals surface area contributed by atoms with Crippen LogP contribution in [0.15, 0.2) is 17.0 Å². The van der Waals surface area contributed by atoms with Gasteiger partial charge < -0.3 is 10.6 Å². The molecular weight excluding hydrogens is 384 g/mol. The van der Waals surface area contributed by atoms with Gasteiger partial charge in [-0.05, 0) is 62.9 Å². The van der Waals surface area contributed by atoms with Gasteiger partial charge in [0.15, 0.2) is 5.13 Å². The van der Waals surface area contributed by atoms with Crippen LogP contribution in [0.1, 0.15) is 41.4 Å². The molecule has 0 spiro atoms. The lowest BCUT2D eigenvalue weighted by atomic mass is 10.0. The molecule has 0 radical (unpaired) electrons. The van der Waals surface area contributed by atoms with Crippen LogP contribution in [-0.2, 0) is 16.6 Å². The summed E-state index contributed by atoms with van der Waals surface area (Å²) in [5.41, 5.74) is 8.32. The third-order valence-corrected chi connectivity index (χ3v) is 7.90. The molecule has 2 heterocycles. The summed E-state index contributed by atoms with van der Waals surface area (Å²) in [6.45, 7) is 4.32. The quantitative estimate of drug-likeness (QED) is 0.793. The number of aromatic nitrogens is 1. The summed E-state index contributed by atoms with van der Waals surface area (Å²) in [7, 11) is -2.44. The van der Waals surface area contributed by atoms with Gasteiger partial charge in [-0.15, -0.1) is 0 Å². The molecule has 27 heavy (non-hydrogen) atoms. The summed E-state index contributed by atoms with van der Waals surface area (Å²) >= 11 is 1.32. The second-order valence-electron chi connectivity index (χ2n) is 7.19. The van der Waals surface area contributed by atoms with E-state index < -0.39 is 10.0 Å². The highest BCUT2D eigenvalue weighted by Gasteiger charge is 2.41. The van der Waals surface area contributed by atoms with E-state index in [0.717, 1.165) is 34.5 Å². The predicted molar refractivity (Wildman–Crippen MR) is 105 cm³/mol. The number of thiazole rings is 1. The number of rotatable bonds is 5. The Balaban J connectivity index is 1.88. The Morgan fingerprint density at radius 3 is 2.63 bits per heavy atom. The lowest BCUT2D eigenvalue weighted by molar-refractivity contribution is 0.0694. The fourth-order valence-corrected chi connectivity index (χ4v) is 5.55. The van der Waals surface area contributed by atoms with Crippen LogP contribution in [-0.4, -0.2) is 37.3 Å². The van der Waals surface area contributed by atoms with Crippen molar-refractivity contribution in [2.75, 3.05) is 12.8 Å². The lowest BCUT2D eigenvalue weighted by Crippen LogP contribution is -2.35. The van der Waals surface area contributed by atoms with Gasteiger partial charge in [-0.3, -0.25) is 4.79 Å². The molecule has 0 saturated heterocycles. The van der Waals surface area contributed by atoms with E-state index >= 15 is 0 Å². The molecule has 1 aliphatic heterocycles. The fraction of sp³-hybridized carbons (Fsp3) is 0.444. The van der Waals surface area contributed by atoms with Gasteiger partial charge in [-0.25, -0.2) is 18.1 Å². The van der Waals surface area contributed by atoms with Crippen LogP contribution in [0, 0.1) is 12.8 Å². The number of hydrogen-bond donors (Lipinski definition) is 2. The van der Waals surface area contributed by atoms with Crippen LogP contribution in [0.5, 0.6) is 0 Å². The van der Waals surface area contributed by atoms with E-state index in [4.69, 9.17) is 5.73 Å². The van der Waals surface area contributed by atoms with Crippen LogP contribution in [0.3, 0.4) is 0 Å². The molecule has 1 amide bonds. The fourth-order valence-electron chi connectivity index (χ4n) is 3.74. The number of aryl methyl sites for hydroxylation is 1. The summed E-state index contributed by atoms with van der Waals surface area (Å²) in [5.74, 6) is 0.306. The Morgan fingerprint density at radius 2 is 2.07 bits per heavy atom. The van der Waals surface area contributed by atoms with E-state index in [-0.39, 0.29) is 22.4 Å². The Labute approximate surface area is 162 Å². The molecule has 4 rings (SSSR count). The highest BCUT2D eigenvalue weighted by molar-refractivity contribution is 7.89. The molecule has 2 aliphatic rings. The number of nitrogens with two attached hydrogens (primary N) is 1. The van der Waals surface area contributed by atoms with E-state index in [0.29, 0.717) is 17.6 Å². The summed E-state index contributed by atoms with van der Waals surface area (Å²) in [6.07, 6.45) is 2.24. The summed E-state index contributed by atoms with van der Waals surface area (Å²) in [6, 6.07) is 3.58. The minimum atomic E-state index is -3.79. The molecule has 1 atom stereocenters. The first-order valence-electron chi connectivity index (χ1n) is 8.87. The first-order chi connectivity index (χ1) is 12.7. The van der Waals surface area contributed by atoms with E-state index in [2.05, 4.69) is 9.71 Å². The number of amides is 1. The number of sulfonamides is 1. The monoisotopic (exact) mass is 406 g/mol. The maximum absolute atomic E-state index is 13.1. The van der Waals surface area contributed by atoms with Crippen molar-refractivity contribution in [2.24, 2.45) is 5.92 Å². The zero-order valence-corrected chi connectivity index (χ0v) is 17.1. The van der Waals surface area contributed by atoms with E-state index in [1.807, 2.05) is 19.9 Å². The summed E-state index contributed by atoms with van der Waals surface area (Å²) < 4.78 is 27.7. The molecule has 0 bridgehead atoms. The molecular formula is C18H22N4O3S2. The van der Waals surface area contributed by atoms with E-state index in [1.54, 1.807) is 11.0 Å². The zero-order valence-electron chi connectivity index (χ0n) is 15.4. The standard InChI is InChI=1S/C18H22N4O3S2/c1-9-16(26-18(19)21-9)12-6-13-8-22(10(2)11-4-5-11)17(23)15(13)14(7-12)27(24,25)20-3/h6-7,10-11,20H,4-5,8H2,1-3H3,(H2,19,21)/t10-/m0/s1. The Morgan fingerprint density at radius 1 is 1.37 bits per heavy atom. The second kappa shape index (κ2) is 6.29. The van der Waals surface area contributed by atoms with Crippen LogP contribution in [0.25, 0.3) is 10.4 Å². The molecule has 144 valence electrons. The Kier molecular flexibility index (Phi) is 4.28. The average molecular weight is 407 g/mol. The molecule has 1 aromatic heterocycles. The van der Waals surface area contributed by atoms with Crippen molar-refractivity contribution in [2.45, 2.75) is 44.2 Å². The topological polar surface area (TPSA) is 105 Å². The van der Waals surface area contributed by atoms with Gasteiger partial charge >= 0.3 is 0 Å². The maximum atomic E-state index is 13.1. The summed E-state index contributed by atoms with van der Waals surface area (Å²) in [5, 5.41) is 0.432. The zero-order chi connectivity index (χ0) is 19.5. The molecule has 1 aromatic carbocycles. The first-order valence-corrected chi connectivity index (χ1v) is 11.2. The molecule has 3 N–H and O–H groups in total. The second-order valence-corrected chi connectivity index (χ2v) is 10.1. The molecule has 1 fully saturated rings. The van der Waals surface area contributed by atoms with Gasteiger partial charge in [0.05, 0.1) is 21.0 Å². The summed E-state index contributed by atoms with van der Waals surface area (Å²) in [4.78, 5) is 20.0. The molecule has 1 aliphatic carbocycles. The highest BCUT2D eigenvalue weighted by atomic mass is 32.2. The van der Waals surface area contributed by atoms with Crippen molar-refractivity contribution >= 4 is 32.4 Å². The number of benzene rings is 1. The number of anilines is 1. The van der Waals surface area contributed by atoms with Crippen molar-refractivity contribution in [3.05, 3.63) is 29.0 Å². The van der Waals surface area contributed by atoms with Crippen LogP contribution < -0.4 is 10.5 Å². The van der Waals surface area contributed by atoms with Crippen LogP contribution in [0.2, 0.25) is 0 Å². The molecule has 7 nitrogen and oxygen atoms in total. The lowest BCUT2D eigenvalue weighted by Gasteiger charge is -2.24. The van der Waals surface area contributed by atoms with E-state index in [9.17, 15) is 13.2 Å². The smallest absolute Gasteiger partial charge is 0.256 e. The Hall–Kier alpha value is -1.97. The van der Waals surface area contributed by atoms with Gasteiger partial charge in [-0.1, -0.05) is 11.3 Å². The van der Waals surface area contributed by atoms with Crippen molar-refractivity contribution in [3.63, 3.8) is 0 Å². The largest absolute Gasteiger partial charge is 0.375 e. The van der Waals surface area contributed by atoms with Gasteiger partial charge in [0.25, 0.3) is 5.91 Å². The van der Waals surface area contributed by atoms with Crippen molar-refractivity contribution < 1.29 is 13.2 Å². The van der Waals surface area contributed by atoms with Crippen molar-refractivity contribution in [1.29, 1.82) is 0 Å². The highest BCUT2D eigenvalue weighted by Crippen LogP contribution is 2.41. The average Bonchev–Trinajstić information content (AvgIpc) is 3.35. The number of carbonyl (C=O) groups is 1. The Bertz CT molecular complexity index is 1040. The third-order valence-electron chi connectivity index (χ3n) is 5.43. The SMILES string of the molecule is CNS(=O)(=O)c1cc(-c2sc(N)nc2C)cc2c1C(=O)N([C@@H](C)C1CC1)C2. The number of hydrogen-bond acceptors (Lipinski definition) is 6. The molecule has 9 heteroatoms. The number of fused-ring (bicyclic) bond motifs is 1. The van der Waals surface area contributed by atoms with Crippen LogP contribution >= 0.6 is 11.3 Å². The number of nitrogens with one attached hydrogen (secondary N) is 1. The van der Waals surface area contributed by atoms with Crippen molar-refractivity contribution in [3.8, 4) is 10.4 Å². The molecule has 1 saturated carbocycles. The van der Waals surface area contributed by atoms with Crippen LogP contribution in [0.4, 0.5) is 5.13 Å².